The van der Waals surface area contributed by atoms with Crippen molar-refractivity contribution in [2.45, 2.75) is 116 Å². The summed E-state index contributed by atoms with van der Waals surface area (Å²) < 4.78 is 0. The van der Waals surface area contributed by atoms with E-state index in [0.29, 0.717) is 6.42 Å². The molecule has 0 radical (unpaired) electrons. The van der Waals surface area contributed by atoms with Crippen molar-refractivity contribution in [2.75, 3.05) is 0 Å². The number of carboxylic acids is 2. The quantitative estimate of drug-likeness (QED) is 0.212. The SMILES string of the molecule is CCCCCCCCCCCCCCCC(=O)N[C@H](CCC(=O)O)C(=O)O.[KH]. The van der Waals surface area contributed by atoms with Crippen molar-refractivity contribution in [3.05, 3.63) is 0 Å². The van der Waals surface area contributed by atoms with Gasteiger partial charge in [0, 0.05) is 12.8 Å². The minimum atomic E-state index is -1.19. The molecule has 1 atom stereocenters. The van der Waals surface area contributed by atoms with Crippen LogP contribution in [0.15, 0.2) is 0 Å². The monoisotopic (exact) mass is 425 g/mol. The van der Waals surface area contributed by atoms with E-state index in [4.69, 9.17) is 10.2 Å². The number of nitrogens with one attached hydrogen (secondary N) is 1. The molecule has 0 aromatic heterocycles. The van der Waals surface area contributed by atoms with Crippen molar-refractivity contribution in [1.82, 2.24) is 5.32 Å². The molecule has 28 heavy (non-hydrogen) atoms. The summed E-state index contributed by atoms with van der Waals surface area (Å²) in [6, 6.07) is -1.12. The van der Waals surface area contributed by atoms with Gasteiger partial charge in [0.1, 0.15) is 6.04 Å². The van der Waals surface area contributed by atoms with Gasteiger partial charge in [0.25, 0.3) is 0 Å². The first-order valence-electron chi connectivity index (χ1n) is 10.7. The average molecular weight is 426 g/mol. The van der Waals surface area contributed by atoms with Crippen LogP contribution in [0.25, 0.3) is 0 Å². The number of hydrogen-bond donors (Lipinski definition) is 3. The Kier molecular flexibility index (Phi) is 23.5. The van der Waals surface area contributed by atoms with Gasteiger partial charge < -0.3 is 15.5 Å². The average Bonchev–Trinajstić information content (AvgIpc) is 2.62. The van der Waals surface area contributed by atoms with Crippen LogP contribution < -0.4 is 5.32 Å². The molecule has 0 aliphatic rings. The molecule has 0 saturated heterocycles. The molecule has 0 spiro atoms. The fourth-order valence-corrected chi connectivity index (χ4v) is 3.10. The van der Waals surface area contributed by atoms with Crippen LogP contribution in [0.5, 0.6) is 0 Å². The van der Waals surface area contributed by atoms with Crippen LogP contribution in [0.2, 0.25) is 0 Å². The Morgan fingerprint density at radius 3 is 1.54 bits per heavy atom. The molecule has 3 N–H and O–H groups in total. The van der Waals surface area contributed by atoms with E-state index in [0.717, 1.165) is 19.3 Å². The summed E-state index contributed by atoms with van der Waals surface area (Å²) in [7, 11) is 0. The zero-order chi connectivity index (χ0) is 20.3. The Morgan fingerprint density at radius 2 is 1.14 bits per heavy atom. The molecule has 0 fully saturated rings. The molecule has 0 aliphatic carbocycles. The summed E-state index contributed by atoms with van der Waals surface area (Å²) in [5.74, 6) is -2.56. The molecule has 0 saturated carbocycles. The minimum absolute atomic E-state index is 0. The maximum absolute atomic E-state index is 11.8. The number of unbranched alkanes of at least 4 members (excludes halogenated alkanes) is 12. The fraction of sp³-hybridized carbons (Fsp3) is 0.857. The van der Waals surface area contributed by atoms with Crippen molar-refractivity contribution in [3.8, 4) is 0 Å². The predicted molar refractivity (Wildman–Crippen MR) is 114 cm³/mol. The number of carboxylic acid groups (broad SMARTS) is 2. The number of carbonyl (C=O) groups is 3. The number of aliphatic carboxylic acids is 2. The molecular weight excluding hydrogens is 385 g/mol. The topological polar surface area (TPSA) is 104 Å². The molecular formula is C21H40KNO5. The van der Waals surface area contributed by atoms with Crippen LogP contribution in [0, 0.1) is 0 Å². The first-order chi connectivity index (χ1) is 13.0. The summed E-state index contributed by atoms with van der Waals surface area (Å²) in [4.78, 5) is 33.3. The second-order valence-electron chi connectivity index (χ2n) is 7.38. The van der Waals surface area contributed by atoms with Crippen molar-refractivity contribution in [2.24, 2.45) is 0 Å². The van der Waals surface area contributed by atoms with Crippen molar-refractivity contribution >= 4 is 69.2 Å². The van der Waals surface area contributed by atoms with E-state index in [-0.39, 0.29) is 70.1 Å². The molecule has 0 aliphatic heterocycles. The molecule has 0 rings (SSSR count). The van der Waals surface area contributed by atoms with Gasteiger partial charge >= 0.3 is 63.3 Å². The van der Waals surface area contributed by atoms with E-state index in [1.807, 2.05) is 0 Å². The van der Waals surface area contributed by atoms with Crippen LogP contribution in [0.4, 0.5) is 0 Å². The van der Waals surface area contributed by atoms with Gasteiger partial charge in [0.05, 0.1) is 0 Å². The first-order valence-corrected chi connectivity index (χ1v) is 10.7. The van der Waals surface area contributed by atoms with Crippen LogP contribution in [-0.4, -0.2) is 85.5 Å². The normalized spacial score (nSPS) is 11.5. The molecule has 0 bridgehead atoms. The molecule has 160 valence electrons. The Bertz CT molecular complexity index is 418. The first kappa shape index (κ1) is 30.2. The summed E-state index contributed by atoms with van der Waals surface area (Å²) in [6.45, 7) is 2.24. The zero-order valence-electron chi connectivity index (χ0n) is 17.0. The second kappa shape index (κ2) is 21.7. The fourth-order valence-electron chi connectivity index (χ4n) is 3.10. The number of rotatable bonds is 19. The summed E-state index contributed by atoms with van der Waals surface area (Å²) >= 11 is 0. The van der Waals surface area contributed by atoms with Gasteiger partial charge in [-0.15, -0.1) is 0 Å². The molecule has 1 amide bonds. The third-order valence-corrected chi connectivity index (χ3v) is 4.79. The van der Waals surface area contributed by atoms with E-state index in [1.54, 1.807) is 0 Å². The predicted octanol–water partition coefficient (Wildman–Crippen LogP) is 4.25. The molecule has 0 heterocycles. The Labute approximate surface area is 213 Å². The molecule has 0 aromatic rings. The van der Waals surface area contributed by atoms with Gasteiger partial charge in [-0.2, -0.15) is 0 Å². The third kappa shape index (κ3) is 20.8. The molecule has 0 aromatic carbocycles. The van der Waals surface area contributed by atoms with Gasteiger partial charge in [0.15, 0.2) is 0 Å². The van der Waals surface area contributed by atoms with E-state index in [9.17, 15) is 14.4 Å². The summed E-state index contributed by atoms with van der Waals surface area (Å²) in [5.41, 5.74) is 0. The van der Waals surface area contributed by atoms with Crippen LogP contribution in [-0.2, 0) is 14.4 Å². The van der Waals surface area contributed by atoms with Crippen molar-refractivity contribution in [3.63, 3.8) is 0 Å². The maximum atomic E-state index is 11.8. The van der Waals surface area contributed by atoms with Gasteiger partial charge in [0.2, 0.25) is 5.91 Å². The van der Waals surface area contributed by atoms with Gasteiger partial charge in [-0.1, -0.05) is 84.0 Å². The number of amides is 1. The van der Waals surface area contributed by atoms with E-state index < -0.39 is 18.0 Å². The van der Waals surface area contributed by atoms with Crippen molar-refractivity contribution < 1.29 is 24.6 Å². The molecule has 7 heteroatoms. The van der Waals surface area contributed by atoms with E-state index >= 15 is 0 Å². The van der Waals surface area contributed by atoms with Gasteiger partial charge in [-0.25, -0.2) is 4.79 Å². The van der Waals surface area contributed by atoms with Crippen LogP contribution in [0.1, 0.15) is 110 Å². The molecule has 6 nitrogen and oxygen atoms in total. The molecule has 0 unspecified atom stereocenters. The Hall–Kier alpha value is 0.0464. The second-order valence-corrected chi connectivity index (χ2v) is 7.38. The van der Waals surface area contributed by atoms with E-state index in [2.05, 4.69) is 12.2 Å². The van der Waals surface area contributed by atoms with Gasteiger partial charge in [-0.3, -0.25) is 9.59 Å². The summed E-state index contributed by atoms with van der Waals surface area (Å²) in [6.07, 6.45) is 15.9. The van der Waals surface area contributed by atoms with Crippen LogP contribution >= 0.6 is 0 Å². The third-order valence-electron chi connectivity index (χ3n) is 4.79. The standard InChI is InChI=1S/C21H39NO5.K.H/c1-2-3-4-5-6-7-8-9-10-11-12-13-14-15-19(23)22-18(21(26)27)16-17-20(24)25;;/h18H,2-17H2,1H3,(H,22,23)(H,24,25)(H,26,27);;/t18-;;/m1../s1. The van der Waals surface area contributed by atoms with Crippen molar-refractivity contribution in [1.29, 1.82) is 0 Å². The Balaban J connectivity index is 0. The van der Waals surface area contributed by atoms with E-state index in [1.165, 1.54) is 64.2 Å². The zero-order valence-corrected chi connectivity index (χ0v) is 17.0. The number of hydrogen-bond acceptors (Lipinski definition) is 3. The number of carbonyl (C=O) groups excluding carboxylic acids is 1. The van der Waals surface area contributed by atoms with Crippen LogP contribution in [0.3, 0.4) is 0 Å². The van der Waals surface area contributed by atoms with Gasteiger partial charge in [-0.05, 0) is 12.8 Å². The Morgan fingerprint density at radius 1 is 0.714 bits per heavy atom. The summed E-state index contributed by atoms with van der Waals surface area (Å²) in [5, 5.41) is 20.0.